The second-order valence-corrected chi connectivity index (χ2v) is 8.41. The zero-order chi connectivity index (χ0) is 22.6. The smallest absolute Gasteiger partial charge is 0.241 e. The van der Waals surface area contributed by atoms with Gasteiger partial charge < -0.3 is 19.5 Å². The molecule has 0 aromatic heterocycles. The van der Waals surface area contributed by atoms with Gasteiger partial charge in [0.15, 0.2) is 0 Å². The van der Waals surface area contributed by atoms with Crippen molar-refractivity contribution in [2.24, 2.45) is 0 Å². The van der Waals surface area contributed by atoms with E-state index in [1.165, 1.54) is 34.3 Å². The predicted octanol–water partition coefficient (Wildman–Crippen LogP) is 3.30. The molecule has 0 atom stereocenters. The fourth-order valence-electron chi connectivity index (χ4n) is 3.31. The quantitative estimate of drug-likeness (QED) is 0.553. The molecule has 2 N–H and O–H groups in total. The molecule has 164 valence electrons. The Balaban J connectivity index is 1.99. The largest absolute Gasteiger partial charge is 0.496 e. The molecule has 0 radical (unpaired) electrons. The van der Waals surface area contributed by atoms with Crippen molar-refractivity contribution in [1.29, 1.82) is 0 Å². The Labute approximate surface area is 181 Å². The lowest BCUT2D eigenvalue weighted by molar-refractivity contribution is -0.114. The molecule has 1 amide bonds. The molecular weight excluding hydrogens is 420 g/mol. The molecule has 3 aromatic rings. The molecular formula is C22H24N2O6S. The minimum absolute atomic E-state index is 0.0551. The van der Waals surface area contributed by atoms with Crippen LogP contribution in [0.25, 0.3) is 10.8 Å². The summed E-state index contributed by atoms with van der Waals surface area (Å²) in [5, 5.41) is 3.85. The van der Waals surface area contributed by atoms with E-state index in [9.17, 15) is 13.2 Å². The first-order valence-corrected chi connectivity index (χ1v) is 10.9. The van der Waals surface area contributed by atoms with Crippen LogP contribution in [-0.2, 0) is 21.4 Å². The molecule has 0 spiro atoms. The van der Waals surface area contributed by atoms with E-state index in [2.05, 4.69) is 10.0 Å². The van der Waals surface area contributed by atoms with Gasteiger partial charge in [-0.05, 0) is 12.1 Å². The Bertz CT molecular complexity index is 1200. The van der Waals surface area contributed by atoms with Gasteiger partial charge in [-0.2, -0.15) is 0 Å². The van der Waals surface area contributed by atoms with Gasteiger partial charge in [0.2, 0.25) is 15.9 Å². The van der Waals surface area contributed by atoms with Gasteiger partial charge in [-0.3, -0.25) is 4.79 Å². The second kappa shape index (κ2) is 9.23. The Hall–Kier alpha value is -3.30. The van der Waals surface area contributed by atoms with Gasteiger partial charge >= 0.3 is 0 Å². The molecule has 0 fully saturated rings. The van der Waals surface area contributed by atoms with Gasteiger partial charge in [0.05, 0.1) is 31.8 Å². The van der Waals surface area contributed by atoms with Gasteiger partial charge in [-0.15, -0.1) is 0 Å². The van der Waals surface area contributed by atoms with Crippen molar-refractivity contribution in [2.75, 3.05) is 26.6 Å². The van der Waals surface area contributed by atoms with E-state index in [-0.39, 0.29) is 17.3 Å². The zero-order valence-corrected chi connectivity index (χ0v) is 18.5. The van der Waals surface area contributed by atoms with Crippen LogP contribution in [0.3, 0.4) is 0 Å². The molecule has 0 unspecified atom stereocenters. The third-order valence-corrected chi connectivity index (χ3v) is 6.20. The van der Waals surface area contributed by atoms with Crippen molar-refractivity contribution in [2.45, 2.75) is 18.4 Å². The fourth-order valence-corrected chi connectivity index (χ4v) is 4.53. The summed E-state index contributed by atoms with van der Waals surface area (Å²) in [5.74, 6) is 1.16. The van der Waals surface area contributed by atoms with Gasteiger partial charge in [0.1, 0.15) is 17.2 Å². The van der Waals surface area contributed by atoms with Crippen LogP contribution in [-0.4, -0.2) is 35.7 Å². The molecule has 0 bridgehead atoms. The van der Waals surface area contributed by atoms with Crippen molar-refractivity contribution < 1.29 is 27.4 Å². The van der Waals surface area contributed by atoms with Crippen LogP contribution in [0.4, 0.5) is 5.69 Å². The number of fused-ring (bicyclic) bond motifs is 1. The maximum Gasteiger partial charge on any atom is 0.241 e. The Morgan fingerprint density at radius 2 is 1.52 bits per heavy atom. The lowest BCUT2D eigenvalue weighted by Crippen LogP contribution is -2.24. The molecule has 31 heavy (non-hydrogen) atoms. The summed E-state index contributed by atoms with van der Waals surface area (Å²) in [6, 6.07) is 13.3. The van der Waals surface area contributed by atoms with Crippen LogP contribution in [0.2, 0.25) is 0 Å². The number of carbonyl (C=O) groups is 1. The molecule has 3 aromatic carbocycles. The zero-order valence-electron chi connectivity index (χ0n) is 17.7. The maximum atomic E-state index is 13.2. The molecule has 3 rings (SSSR count). The standard InChI is InChI=1S/C22H24N2O6S/c1-14(25)24-19-9-5-8-17-16(19)7-6-10-22(17)31(26,27)23-13-18-20(29-3)11-15(28-2)12-21(18)30-4/h5-12,23H,13H2,1-4H3,(H,24,25). The highest BCUT2D eigenvalue weighted by molar-refractivity contribution is 7.89. The number of benzene rings is 3. The first-order valence-electron chi connectivity index (χ1n) is 9.38. The van der Waals surface area contributed by atoms with Crippen molar-refractivity contribution >= 4 is 32.4 Å². The highest BCUT2D eigenvalue weighted by Gasteiger charge is 2.21. The van der Waals surface area contributed by atoms with E-state index in [1.54, 1.807) is 42.5 Å². The average Bonchev–Trinajstić information content (AvgIpc) is 2.76. The number of rotatable bonds is 8. The lowest BCUT2D eigenvalue weighted by atomic mass is 10.1. The summed E-state index contributed by atoms with van der Waals surface area (Å²) < 4.78 is 45.0. The van der Waals surface area contributed by atoms with Crippen molar-refractivity contribution in [3.63, 3.8) is 0 Å². The van der Waals surface area contributed by atoms with E-state index in [4.69, 9.17) is 14.2 Å². The van der Waals surface area contributed by atoms with Crippen molar-refractivity contribution in [3.8, 4) is 17.2 Å². The van der Waals surface area contributed by atoms with Gasteiger partial charge in [0, 0.05) is 42.1 Å². The summed E-state index contributed by atoms with van der Waals surface area (Å²) in [6.45, 7) is 1.34. The normalized spacial score (nSPS) is 11.2. The van der Waals surface area contributed by atoms with Crippen LogP contribution in [0.5, 0.6) is 17.2 Å². The Kier molecular flexibility index (Phi) is 6.67. The number of hydrogen-bond donors (Lipinski definition) is 2. The van der Waals surface area contributed by atoms with Crippen LogP contribution < -0.4 is 24.2 Å². The van der Waals surface area contributed by atoms with Crippen LogP contribution in [0, 0.1) is 0 Å². The number of hydrogen-bond acceptors (Lipinski definition) is 6. The monoisotopic (exact) mass is 444 g/mol. The highest BCUT2D eigenvalue weighted by Crippen LogP contribution is 2.34. The van der Waals surface area contributed by atoms with Crippen molar-refractivity contribution in [3.05, 3.63) is 54.1 Å². The molecule has 0 saturated heterocycles. The Morgan fingerprint density at radius 3 is 2.10 bits per heavy atom. The Morgan fingerprint density at radius 1 is 0.903 bits per heavy atom. The molecule has 0 saturated carbocycles. The van der Waals surface area contributed by atoms with E-state index in [0.717, 1.165) is 0 Å². The summed E-state index contributed by atoms with van der Waals surface area (Å²) in [5.41, 5.74) is 1.08. The molecule has 0 aliphatic rings. The predicted molar refractivity (Wildman–Crippen MR) is 118 cm³/mol. The third-order valence-electron chi connectivity index (χ3n) is 4.74. The average molecular weight is 445 g/mol. The lowest BCUT2D eigenvalue weighted by Gasteiger charge is -2.16. The third kappa shape index (κ3) is 4.73. The summed E-state index contributed by atoms with van der Waals surface area (Å²) in [7, 11) is 0.592. The van der Waals surface area contributed by atoms with Gasteiger partial charge in [-0.1, -0.05) is 24.3 Å². The van der Waals surface area contributed by atoms with Gasteiger partial charge in [0.25, 0.3) is 0 Å². The summed E-state index contributed by atoms with van der Waals surface area (Å²) in [4.78, 5) is 11.6. The fraction of sp³-hybridized carbons (Fsp3) is 0.227. The first kappa shape index (κ1) is 22.4. The summed E-state index contributed by atoms with van der Waals surface area (Å²) >= 11 is 0. The second-order valence-electron chi connectivity index (χ2n) is 6.67. The SMILES string of the molecule is COc1cc(OC)c(CNS(=O)(=O)c2cccc3c(NC(C)=O)cccc23)c(OC)c1. The van der Waals surface area contributed by atoms with Crippen LogP contribution in [0.15, 0.2) is 53.4 Å². The number of ether oxygens (including phenoxy) is 3. The van der Waals surface area contributed by atoms with E-state index < -0.39 is 10.0 Å². The summed E-state index contributed by atoms with van der Waals surface area (Å²) in [6.07, 6.45) is 0. The number of carbonyl (C=O) groups excluding carboxylic acids is 1. The number of nitrogens with one attached hydrogen (secondary N) is 2. The van der Waals surface area contributed by atoms with Gasteiger partial charge in [-0.25, -0.2) is 13.1 Å². The molecule has 8 nitrogen and oxygen atoms in total. The number of sulfonamides is 1. The van der Waals surface area contributed by atoms with E-state index in [0.29, 0.717) is 39.3 Å². The highest BCUT2D eigenvalue weighted by atomic mass is 32.2. The molecule has 0 aliphatic heterocycles. The van der Waals surface area contributed by atoms with E-state index >= 15 is 0 Å². The molecule has 9 heteroatoms. The molecule has 0 aliphatic carbocycles. The topological polar surface area (TPSA) is 103 Å². The van der Waals surface area contributed by atoms with Crippen LogP contribution in [0.1, 0.15) is 12.5 Å². The number of anilines is 1. The maximum absolute atomic E-state index is 13.2. The first-order chi connectivity index (χ1) is 14.8. The number of amides is 1. The van der Waals surface area contributed by atoms with Crippen LogP contribution >= 0.6 is 0 Å². The molecule has 0 heterocycles. The minimum atomic E-state index is -3.90. The number of methoxy groups -OCH3 is 3. The van der Waals surface area contributed by atoms with E-state index in [1.807, 2.05) is 0 Å². The minimum Gasteiger partial charge on any atom is -0.496 e. The van der Waals surface area contributed by atoms with Crippen molar-refractivity contribution in [1.82, 2.24) is 4.72 Å².